The number of aromatic nitrogens is 2. The summed E-state index contributed by atoms with van der Waals surface area (Å²) in [6.07, 6.45) is 3.70. The summed E-state index contributed by atoms with van der Waals surface area (Å²) in [7, 11) is 0. The molecule has 0 saturated carbocycles. The average Bonchev–Trinajstić information content (AvgIpc) is 2.86. The molecule has 1 aromatic heterocycles. The second-order valence-corrected chi connectivity index (χ2v) is 5.39. The molecule has 2 atom stereocenters. The van der Waals surface area contributed by atoms with Gasteiger partial charge in [-0.3, -0.25) is 0 Å². The molecule has 2 unspecified atom stereocenters. The summed E-state index contributed by atoms with van der Waals surface area (Å²) in [5.74, 6) is 2.35. The van der Waals surface area contributed by atoms with Gasteiger partial charge in [0.15, 0.2) is 5.15 Å². The Hall–Kier alpha value is -0.540. The van der Waals surface area contributed by atoms with Crippen LogP contribution in [0.25, 0.3) is 0 Å². The van der Waals surface area contributed by atoms with Crippen LogP contribution in [0.1, 0.15) is 49.5 Å². The van der Waals surface area contributed by atoms with Gasteiger partial charge in [-0.05, 0) is 31.7 Å². The summed E-state index contributed by atoms with van der Waals surface area (Å²) >= 11 is 6.28. The van der Waals surface area contributed by atoms with E-state index in [1.807, 2.05) is 0 Å². The number of hydrogen-bond acceptors (Lipinski definition) is 2. The van der Waals surface area contributed by atoms with Gasteiger partial charge < -0.3 is 9.88 Å². The molecule has 0 bridgehead atoms. The normalized spacial score (nSPS) is 29.4. The summed E-state index contributed by atoms with van der Waals surface area (Å²) in [4.78, 5) is 4.61. The number of nitrogens with zero attached hydrogens (tertiary/aromatic N) is 2. The monoisotopic (exact) mass is 239 g/mol. The summed E-state index contributed by atoms with van der Waals surface area (Å²) in [5.41, 5.74) is 1.27. The Kier molecular flexibility index (Phi) is 2.68. The minimum atomic E-state index is 0.566. The molecule has 1 N–H and O–H groups in total. The van der Waals surface area contributed by atoms with Crippen molar-refractivity contribution in [2.75, 3.05) is 13.1 Å². The Balaban J connectivity index is 2.02. The lowest BCUT2D eigenvalue weighted by atomic mass is 9.98. The number of nitrogens with one attached hydrogen (secondary N) is 1. The van der Waals surface area contributed by atoms with Crippen LogP contribution in [0.2, 0.25) is 5.15 Å². The maximum absolute atomic E-state index is 6.28. The van der Waals surface area contributed by atoms with Gasteiger partial charge in [0.05, 0.1) is 5.69 Å². The smallest absolute Gasteiger partial charge is 0.150 e. The molecule has 1 aromatic rings. The first-order chi connectivity index (χ1) is 7.77. The minimum absolute atomic E-state index is 0.566. The fraction of sp³-hybridized carbons (Fsp3) is 0.750. The van der Waals surface area contributed by atoms with Gasteiger partial charge in [0.2, 0.25) is 0 Å². The third-order valence-electron chi connectivity index (χ3n) is 3.90. The number of imidazole rings is 1. The standard InChI is InChI=1S/C12H18ClN3/c1-8-3-2-6-16-10(8)11(13)15-12(16)9-4-5-14-7-9/h8-9,14H,2-7H2,1H3. The largest absolute Gasteiger partial charge is 0.330 e. The van der Waals surface area contributed by atoms with Gasteiger partial charge in [0, 0.05) is 19.0 Å². The molecule has 3 nitrogen and oxygen atoms in total. The van der Waals surface area contributed by atoms with Crippen molar-refractivity contribution in [2.45, 2.75) is 44.6 Å². The van der Waals surface area contributed by atoms with Crippen LogP contribution in [0.15, 0.2) is 0 Å². The van der Waals surface area contributed by atoms with Crippen LogP contribution in [-0.4, -0.2) is 22.6 Å². The lowest BCUT2D eigenvalue weighted by molar-refractivity contribution is 0.453. The fourth-order valence-electron chi connectivity index (χ4n) is 3.04. The number of rotatable bonds is 1. The van der Waals surface area contributed by atoms with Gasteiger partial charge in [0.25, 0.3) is 0 Å². The first-order valence-electron chi connectivity index (χ1n) is 6.24. The van der Waals surface area contributed by atoms with Gasteiger partial charge >= 0.3 is 0 Å². The number of hydrogen-bond donors (Lipinski definition) is 1. The molecule has 1 fully saturated rings. The van der Waals surface area contributed by atoms with Crippen molar-refractivity contribution in [2.24, 2.45) is 0 Å². The van der Waals surface area contributed by atoms with E-state index in [1.165, 1.54) is 30.8 Å². The third-order valence-corrected chi connectivity index (χ3v) is 4.18. The van der Waals surface area contributed by atoms with Gasteiger partial charge in [-0.25, -0.2) is 4.98 Å². The Morgan fingerprint density at radius 1 is 1.44 bits per heavy atom. The summed E-state index contributed by atoms with van der Waals surface area (Å²) in [6, 6.07) is 0. The lowest BCUT2D eigenvalue weighted by Crippen LogP contribution is -2.18. The molecular weight excluding hydrogens is 222 g/mol. The highest BCUT2D eigenvalue weighted by Gasteiger charge is 2.29. The highest BCUT2D eigenvalue weighted by molar-refractivity contribution is 6.30. The lowest BCUT2D eigenvalue weighted by Gasteiger charge is -2.23. The maximum Gasteiger partial charge on any atom is 0.150 e. The van der Waals surface area contributed by atoms with E-state index in [4.69, 9.17) is 11.6 Å². The van der Waals surface area contributed by atoms with Gasteiger partial charge in [-0.2, -0.15) is 0 Å². The maximum atomic E-state index is 6.28. The van der Waals surface area contributed by atoms with E-state index in [2.05, 4.69) is 21.8 Å². The summed E-state index contributed by atoms with van der Waals surface area (Å²) in [6.45, 7) is 5.53. The van der Waals surface area contributed by atoms with E-state index < -0.39 is 0 Å². The molecular formula is C12H18ClN3. The van der Waals surface area contributed by atoms with E-state index >= 15 is 0 Å². The van der Waals surface area contributed by atoms with E-state index in [0.29, 0.717) is 11.8 Å². The SMILES string of the molecule is CC1CCCn2c(C3CCNC3)nc(Cl)c21. The number of fused-ring (bicyclic) bond motifs is 1. The topological polar surface area (TPSA) is 29.9 Å². The van der Waals surface area contributed by atoms with Crippen LogP contribution in [0.3, 0.4) is 0 Å². The highest BCUT2D eigenvalue weighted by atomic mass is 35.5. The van der Waals surface area contributed by atoms with Gasteiger partial charge in [-0.1, -0.05) is 18.5 Å². The predicted octanol–water partition coefficient (Wildman–Crippen LogP) is 2.51. The van der Waals surface area contributed by atoms with Crippen molar-refractivity contribution in [3.63, 3.8) is 0 Å². The van der Waals surface area contributed by atoms with Crippen molar-refractivity contribution >= 4 is 11.6 Å². The number of halogens is 1. The van der Waals surface area contributed by atoms with E-state index in [1.54, 1.807) is 0 Å². The molecule has 0 amide bonds. The Morgan fingerprint density at radius 3 is 3.06 bits per heavy atom. The Labute approximate surface area is 101 Å². The second-order valence-electron chi connectivity index (χ2n) is 5.03. The van der Waals surface area contributed by atoms with Crippen molar-refractivity contribution in [3.05, 3.63) is 16.7 Å². The minimum Gasteiger partial charge on any atom is -0.330 e. The summed E-state index contributed by atoms with van der Waals surface area (Å²) in [5, 5.41) is 4.15. The molecule has 2 aliphatic rings. The molecule has 0 aliphatic carbocycles. The molecule has 3 heterocycles. The van der Waals surface area contributed by atoms with Crippen molar-refractivity contribution in [3.8, 4) is 0 Å². The quantitative estimate of drug-likeness (QED) is 0.816. The predicted molar refractivity (Wildman–Crippen MR) is 65.1 cm³/mol. The van der Waals surface area contributed by atoms with Gasteiger partial charge in [0.1, 0.15) is 5.82 Å². The van der Waals surface area contributed by atoms with Crippen LogP contribution < -0.4 is 5.32 Å². The van der Waals surface area contributed by atoms with E-state index in [-0.39, 0.29) is 0 Å². The second kappa shape index (κ2) is 4.04. The van der Waals surface area contributed by atoms with Crippen LogP contribution in [0.4, 0.5) is 0 Å². The molecule has 88 valence electrons. The van der Waals surface area contributed by atoms with Crippen molar-refractivity contribution in [1.29, 1.82) is 0 Å². The first kappa shape index (κ1) is 10.6. The zero-order chi connectivity index (χ0) is 11.1. The zero-order valence-electron chi connectivity index (χ0n) is 9.67. The molecule has 4 heteroatoms. The molecule has 2 aliphatic heterocycles. The van der Waals surface area contributed by atoms with Crippen LogP contribution in [0, 0.1) is 0 Å². The molecule has 0 aromatic carbocycles. The first-order valence-corrected chi connectivity index (χ1v) is 6.61. The zero-order valence-corrected chi connectivity index (χ0v) is 10.4. The summed E-state index contributed by atoms with van der Waals surface area (Å²) < 4.78 is 2.38. The van der Waals surface area contributed by atoms with Gasteiger partial charge in [-0.15, -0.1) is 0 Å². The molecule has 3 rings (SSSR count). The molecule has 0 spiro atoms. The third kappa shape index (κ3) is 1.57. The highest BCUT2D eigenvalue weighted by Crippen LogP contribution is 2.36. The van der Waals surface area contributed by atoms with Crippen LogP contribution in [0.5, 0.6) is 0 Å². The molecule has 0 radical (unpaired) electrons. The molecule has 1 saturated heterocycles. The fourth-order valence-corrected chi connectivity index (χ4v) is 3.41. The van der Waals surface area contributed by atoms with Crippen LogP contribution >= 0.6 is 11.6 Å². The average molecular weight is 240 g/mol. The van der Waals surface area contributed by atoms with E-state index in [0.717, 1.165) is 24.8 Å². The van der Waals surface area contributed by atoms with Crippen LogP contribution in [-0.2, 0) is 6.54 Å². The van der Waals surface area contributed by atoms with E-state index in [9.17, 15) is 0 Å². The Bertz CT molecular complexity index is 393. The van der Waals surface area contributed by atoms with Crippen molar-refractivity contribution in [1.82, 2.24) is 14.9 Å². The Morgan fingerprint density at radius 2 is 2.31 bits per heavy atom. The van der Waals surface area contributed by atoms with Crippen molar-refractivity contribution < 1.29 is 0 Å². The molecule has 16 heavy (non-hydrogen) atoms.